The first kappa shape index (κ1) is 25.9. The van der Waals surface area contributed by atoms with E-state index < -0.39 is 24.9 Å². The number of aliphatic hydroxyl groups is 4. The molecule has 2 rings (SSSR count). The lowest BCUT2D eigenvalue weighted by Gasteiger charge is -2.19. The molecule has 1 heterocycles. The molecule has 0 unspecified atom stereocenters. The number of carbonyl (C=O) groups is 1. The Kier molecular flexibility index (Phi) is 11.4. The monoisotopic (exact) mass is 564 g/mol. The number of thiophene rings is 1. The van der Waals surface area contributed by atoms with E-state index >= 15 is 0 Å². The zero-order chi connectivity index (χ0) is 22.1. The molecule has 168 valence electrons. The van der Waals surface area contributed by atoms with E-state index in [1.165, 1.54) is 0 Å². The predicted molar refractivity (Wildman–Crippen MR) is 126 cm³/mol. The largest absolute Gasteiger partial charge is 0.393 e. The van der Waals surface area contributed by atoms with E-state index in [-0.39, 0.29) is 17.6 Å². The summed E-state index contributed by atoms with van der Waals surface area (Å²) in [6, 6.07) is 2.05. The molecule has 1 aromatic heterocycles. The van der Waals surface area contributed by atoms with Crippen molar-refractivity contribution in [3.8, 4) is 0 Å². The third-order valence-electron chi connectivity index (χ3n) is 5.49. The molecule has 1 saturated carbocycles. The summed E-state index contributed by atoms with van der Waals surface area (Å²) < 4.78 is 2.11. The minimum absolute atomic E-state index is 0.0965. The lowest BCUT2D eigenvalue weighted by atomic mass is 9.89. The Bertz CT molecular complexity index is 733. The van der Waals surface area contributed by atoms with Crippen molar-refractivity contribution in [3.63, 3.8) is 0 Å². The summed E-state index contributed by atoms with van der Waals surface area (Å²) in [4.78, 5) is 11.1. The molecule has 0 saturated heterocycles. The highest BCUT2D eigenvalue weighted by Crippen LogP contribution is 2.36. The SMILES string of the molecule is O=C(CO)CCCC=CC[C@@H]1[C@@H](C=C[C@@H](O)CCc2cc(Br)sc2Br)[C@H](O)C[C@@H]1O. The molecule has 0 radical (unpaired) electrons. The summed E-state index contributed by atoms with van der Waals surface area (Å²) in [6.07, 6.45) is 9.84. The summed E-state index contributed by atoms with van der Waals surface area (Å²) in [6.45, 7) is -0.405. The van der Waals surface area contributed by atoms with Crippen LogP contribution in [0.25, 0.3) is 0 Å². The van der Waals surface area contributed by atoms with E-state index in [2.05, 4.69) is 31.9 Å². The van der Waals surface area contributed by atoms with E-state index in [4.69, 9.17) is 5.11 Å². The first-order valence-electron chi connectivity index (χ1n) is 10.3. The number of aliphatic hydroxyl groups excluding tert-OH is 4. The number of rotatable bonds is 12. The minimum atomic E-state index is -0.619. The normalized spacial score (nSPS) is 25.5. The Labute approximate surface area is 198 Å². The Balaban J connectivity index is 1.82. The number of hydrogen-bond acceptors (Lipinski definition) is 6. The first-order valence-corrected chi connectivity index (χ1v) is 12.7. The fraction of sp³-hybridized carbons (Fsp3) is 0.591. The van der Waals surface area contributed by atoms with Gasteiger partial charge in [0.05, 0.1) is 25.9 Å². The van der Waals surface area contributed by atoms with Crippen LogP contribution in [-0.4, -0.2) is 51.1 Å². The lowest BCUT2D eigenvalue weighted by molar-refractivity contribution is -0.121. The fourth-order valence-electron chi connectivity index (χ4n) is 3.77. The molecule has 1 fully saturated rings. The van der Waals surface area contributed by atoms with Crippen LogP contribution in [0.2, 0.25) is 0 Å². The summed E-state index contributed by atoms with van der Waals surface area (Å²) in [7, 11) is 0. The van der Waals surface area contributed by atoms with Crippen molar-refractivity contribution in [2.75, 3.05) is 6.61 Å². The van der Waals surface area contributed by atoms with Crippen molar-refractivity contribution in [2.45, 2.75) is 63.3 Å². The van der Waals surface area contributed by atoms with Crippen LogP contribution >= 0.6 is 43.2 Å². The van der Waals surface area contributed by atoms with Gasteiger partial charge in [-0.3, -0.25) is 4.79 Å². The highest BCUT2D eigenvalue weighted by atomic mass is 79.9. The molecule has 30 heavy (non-hydrogen) atoms. The van der Waals surface area contributed by atoms with Crippen LogP contribution in [0.3, 0.4) is 0 Å². The quantitative estimate of drug-likeness (QED) is 0.225. The molecule has 0 aromatic carbocycles. The van der Waals surface area contributed by atoms with E-state index in [0.717, 1.165) is 26.0 Å². The van der Waals surface area contributed by atoms with E-state index in [1.54, 1.807) is 17.4 Å². The molecule has 0 bridgehead atoms. The molecule has 1 aromatic rings. The number of allylic oxidation sites excluding steroid dienone is 2. The molecule has 5 atom stereocenters. The number of hydrogen-bond donors (Lipinski definition) is 4. The second-order valence-electron chi connectivity index (χ2n) is 7.75. The van der Waals surface area contributed by atoms with Crippen molar-refractivity contribution in [1.29, 1.82) is 0 Å². The Morgan fingerprint density at radius 3 is 2.70 bits per heavy atom. The van der Waals surface area contributed by atoms with E-state index in [9.17, 15) is 20.1 Å². The maximum absolute atomic E-state index is 11.1. The van der Waals surface area contributed by atoms with Gasteiger partial charge in [-0.1, -0.05) is 24.3 Å². The highest BCUT2D eigenvalue weighted by Gasteiger charge is 2.39. The number of carbonyl (C=O) groups excluding carboxylic acids is 1. The van der Waals surface area contributed by atoms with Gasteiger partial charge in [-0.15, -0.1) is 11.3 Å². The van der Waals surface area contributed by atoms with Gasteiger partial charge >= 0.3 is 0 Å². The third-order valence-corrected chi connectivity index (χ3v) is 7.95. The molecule has 1 aliphatic carbocycles. The Hall–Kier alpha value is -0.350. The topological polar surface area (TPSA) is 98.0 Å². The molecular weight excluding hydrogens is 536 g/mol. The molecular formula is C22H30Br2O5S. The van der Waals surface area contributed by atoms with Gasteiger partial charge in [0, 0.05) is 18.8 Å². The highest BCUT2D eigenvalue weighted by molar-refractivity contribution is 9.12. The number of halogens is 2. The molecule has 0 aliphatic heterocycles. The molecule has 4 N–H and O–H groups in total. The van der Waals surface area contributed by atoms with E-state index in [1.807, 2.05) is 24.3 Å². The average molecular weight is 566 g/mol. The van der Waals surface area contributed by atoms with Crippen LogP contribution in [-0.2, 0) is 11.2 Å². The number of Topliss-reactive ketones (excluding diaryl/α,β-unsaturated/α-hetero) is 1. The van der Waals surface area contributed by atoms with Gasteiger partial charge in [0.2, 0.25) is 0 Å². The Morgan fingerprint density at radius 1 is 1.27 bits per heavy atom. The molecule has 0 amide bonds. The van der Waals surface area contributed by atoms with Crippen LogP contribution in [0.5, 0.6) is 0 Å². The zero-order valence-electron chi connectivity index (χ0n) is 16.8. The van der Waals surface area contributed by atoms with Crippen molar-refractivity contribution >= 4 is 49.0 Å². The van der Waals surface area contributed by atoms with Crippen molar-refractivity contribution in [1.82, 2.24) is 0 Å². The Morgan fingerprint density at radius 2 is 2.03 bits per heavy atom. The van der Waals surface area contributed by atoms with E-state index in [0.29, 0.717) is 32.1 Å². The molecule has 5 nitrogen and oxygen atoms in total. The second kappa shape index (κ2) is 13.3. The van der Waals surface area contributed by atoms with Gasteiger partial charge in [-0.25, -0.2) is 0 Å². The van der Waals surface area contributed by atoms with Gasteiger partial charge in [0.25, 0.3) is 0 Å². The second-order valence-corrected chi connectivity index (χ2v) is 11.5. The lowest BCUT2D eigenvalue weighted by Crippen LogP contribution is -2.20. The van der Waals surface area contributed by atoms with Crippen molar-refractivity contribution in [3.05, 3.63) is 43.5 Å². The summed E-state index contributed by atoms with van der Waals surface area (Å²) in [5.74, 6) is -0.446. The summed E-state index contributed by atoms with van der Waals surface area (Å²) in [5, 5.41) is 39.7. The van der Waals surface area contributed by atoms with Gasteiger partial charge in [0.1, 0.15) is 6.61 Å². The smallest absolute Gasteiger partial charge is 0.158 e. The van der Waals surface area contributed by atoms with Gasteiger partial charge in [-0.2, -0.15) is 0 Å². The standard InChI is InChI=1S/C22H30Br2O5S/c23-21-11-14(22(24)30-21)7-8-15(26)9-10-18-17(19(28)12-20(18)29)6-4-2-1-3-5-16(27)13-25/h2,4,9-11,15,17-20,25-26,28-29H,1,3,5-8,12-13H2/t15-,17+,18+,19-,20+/m0/s1. The number of aryl methyl sites for hydroxylation is 1. The maximum atomic E-state index is 11.1. The third kappa shape index (κ3) is 8.30. The zero-order valence-corrected chi connectivity index (χ0v) is 20.8. The van der Waals surface area contributed by atoms with Crippen molar-refractivity contribution < 1.29 is 25.2 Å². The first-order chi connectivity index (χ1) is 14.3. The predicted octanol–water partition coefficient (Wildman–Crippen LogP) is 4.16. The molecule has 8 heteroatoms. The van der Waals surface area contributed by atoms with Crippen LogP contribution < -0.4 is 0 Å². The van der Waals surface area contributed by atoms with Gasteiger partial charge in [0.15, 0.2) is 5.78 Å². The fourth-order valence-corrected chi connectivity index (χ4v) is 6.69. The minimum Gasteiger partial charge on any atom is -0.393 e. The van der Waals surface area contributed by atoms with Crippen LogP contribution in [0.1, 0.15) is 44.1 Å². The maximum Gasteiger partial charge on any atom is 0.158 e. The number of unbranched alkanes of at least 4 members (excludes halogenated alkanes) is 1. The van der Waals surface area contributed by atoms with Crippen molar-refractivity contribution in [2.24, 2.45) is 11.8 Å². The summed E-state index contributed by atoms with van der Waals surface area (Å²) in [5.41, 5.74) is 1.15. The molecule has 1 aliphatic rings. The average Bonchev–Trinajstić information content (AvgIpc) is 3.17. The van der Waals surface area contributed by atoms with Gasteiger partial charge < -0.3 is 20.4 Å². The van der Waals surface area contributed by atoms with Gasteiger partial charge in [-0.05, 0) is 81.5 Å². The summed E-state index contributed by atoms with van der Waals surface area (Å²) >= 11 is 8.59. The number of ketones is 1. The van der Waals surface area contributed by atoms with Crippen LogP contribution in [0, 0.1) is 11.8 Å². The van der Waals surface area contributed by atoms with Crippen LogP contribution in [0.4, 0.5) is 0 Å². The van der Waals surface area contributed by atoms with Crippen LogP contribution in [0.15, 0.2) is 37.9 Å². The molecule has 0 spiro atoms.